The minimum absolute atomic E-state index is 0.669. The number of fused-ring (bicyclic) bond motifs is 1. The summed E-state index contributed by atoms with van der Waals surface area (Å²) in [5, 5.41) is 6.31. The fourth-order valence-corrected chi connectivity index (χ4v) is 4.70. The van der Waals surface area contributed by atoms with E-state index in [2.05, 4.69) is 62.5 Å². The Labute approximate surface area is 211 Å². The maximum Gasteiger partial charge on any atom is 0.124 e. The van der Waals surface area contributed by atoms with Crippen molar-refractivity contribution in [3.8, 4) is 5.75 Å². The highest BCUT2D eigenvalue weighted by Gasteiger charge is 2.09. The van der Waals surface area contributed by atoms with Crippen molar-refractivity contribution >= 4 is 10.8 Å². The van der Waals surface area contributed by atoms with Gasteiger partial charge in [0.2, 0.25) is 0 Å². The van der Waals surface area contributed by atoms with Crippen molar-refractivity contribution in [1.29, 1.82) is 0 Å². The summed E-state index contributed by atoms with van der Waals surface area (Å²) in [5.41, 5.74) is 1.31. The number of ether oxygens (including phenoxy) is 1. The summed E-state index contributed by atoms with van der Waals surface area (Å²) in [4.78, 5) is 0. The first-order valence-corrected chi connectivity index (χ1v) is 14.6. The summed E-state index contributed by atoms with van der Waals surface area (Å²) < 4.78 is 6.20. The van der Waals surface area contributed by atoms with Crippen LogP contribution < -0.4 is 10.1 Å². The molecule has 34 heavy (non-hydrogen) atoms. The molecule has 0 atom stereocenters. The van der Waals surface area contributed by atoms with E-state index in [9.17, 15) is 0 Å². The van der Waals surface area contributed by atoms with E-state index in [4.69, 9.17) is 4.74 Å². The quantitative estimate of drug-likeness (QED) is 0.184. The molecule has 2 rings (SSSR count). The Kier molecular flexibility index (Phi) is 15.8. The second kappa shape index (κ2) is 18.7. The molecule has 0 aliphatic rings. The lowest BCUT2D eigenvalue weighted by molar-refractivity contribution is 0.286. The molecule has 0 aliphatic heterocycles. The van der Waals surface area contributed by atoms with Crippen LogP contribution in [0, 0.1) is 5.92 Å². The van der Waals surface area contributed by atoms with Gasteiger partial charge in [0, 0.05) is 12.1 Å². The van der Waals surface area contributed by atoms with Crippen molar-refractivity contribution in [2.24, 2.45) is 5.92 Å². The van der Waals surface area contributed by atoms with E-state index in [0.717, 1.165) is 31.9 Å². The van der Waals surface area contributed by atoms with E-state index in [1.165, 1.54) is 106 Å². The molecule has 0 bridgehead atoms. The van der Waals surface area contributed by atoms with Gasteiger partial charge >= 0.3 is 0 Å². The average molecular weight is 468 g/mol. The third-order valence-corrected chi connectivity index (χ3v) is 6.96. The normalized spacial score (nSPS) is 11.5. The average Bonchev–Trinajstić information content (AvgIpc) is 2.84. The molecule has 2 aromatic rings. The smallest absolute Gasteiger partial charge is 0.124 e. The number of rotatable bonds is 21. The highest BCUT2D eigenvalue weighted by molar-refractivity contribution is 5.87. The molecule has 0 amide bonds. The van der Waals surface area contributed by atoms with Crippen molar-refractivity contribution in [2.45, 2.75) is 124 Å². The zero-order chi connectivity index (χ0) is 24.3. The summed E-state index contributed by atoms with van der Waals surface area (Å²) in [6.07, 6.45) is 20.9. The summed E-state index contributed by atoms with van der Waals surface area (Å²) in [6, 6.07) is 13.0. The molecule has 192 valence electrons. The lowest BCUT2D eigenvalue weighted by Gasteiger charge is -2.16. The van der Waals surface area contributed by atoms with Gasteiger partial charge in [-0.3, -0.25) is 0 Å². The van der Waals surface area contributed by atoms with E-state index in [1.807, 2.05) is 0 Å². The molecular weight excluding hydrogens is 414 g/mol. The molecule has 0 unspecified atom stereocenters. The summed E-state index contributed by atoms with van der Waals surface area (Å²) >= 11 is 0. The molecule has 0 aromatic heterocycles. The number of unbranched alkanes of at least 4 members (excludes halogenated alkanes) is 13. The second-order valence-electron chi connectivity index (χ2n) is 10.6. The zero-order valence-corrected chi connectivity index (χ0v) is 22.7. The van der Waals surface area contributed by atoms with Gasteiger partial charge in [-0.25, -0.2) is 0 Å². The Hall–Kier alpha value is -1.54. The van der Waals surface area contributed by atoms with Crippen LogP contribution in [0.1, 0.15) is 123 Å². The van der Waals surface area contributed by atoms with Gasteiger partial charge in [-0.1, -0.05) is 135 Å². The number of hydrogen-bond acceptors (Lipinski definition) is 2. The van der Waals surface area contributed by atoms with Crippen molar-refractivity contribution in [2.75, 3.05) is 13.2 Å². The van der Waals surface area contributed by atoms with Crippen molar-refractivity contribution in [3.05, 3.63) is 42.0 Å². The fourth-order valence-electron chi connectivity index (χ4n) is 4.70. The van der Waals surface area contributed by atoms with E-state index >= 15 is 0 Å². The summed E-state index contributed by atoms with van der Waals surface area (Å²) in [7, 11) is 0. The number of benzene rings is 2. The Balaban J connectivity index is 1.56. The molecule has 0 saturated carbocycles. The van der Waals surface area contributed by atoms with Crippen molar-refractivity contribution in [1.82, 2.24) is 5.32 Å². The number of hydrogen-bond donors (Lipinski definition) is 1. The summed E-state index contributed by atoms with van der Waals surface area (Å²) in [6.45, 7) is 9.57. The van der Waals surface area contributed by atoms with Crippen LogP contribution in [0.15, 0.2) is 36.4 Å². The molecule has 0 heterocycles. The van der Waals surface area contributed by atoms with Crippen LogP contribution >= 0.6 is 0 Å². The van der Waals surface area contributed by atoms with Crippen LogP contribution in [0.25, 0.3) is 10.8 Å². The molecule has 2 heteroatoms. The second-order valence-corrected chi connectivity index (χ2v) is 10.6. The van der Waals surface area contributed by atoms with Crippen molar-refractivity contribution < 1.29 is 4.74 Å². The van der Waals surface area contributed by atoms with Crippen molar-refractivity contribution in [3.63, 3.8) is 0 Å². The van der Waals surface area contributed by atoms with Crippen LogP contribution in [0.4, 0.5) is 0 Å². The van der Waals surface area contributed by atoms with E-state index in [0.29, 0.717) is 5.92 Å². The minimum Gasteiger partial charge on any atom is -0.493 e. The monoisotopic (exact) mass is 467 g/mol. The predicted octanol–water partition coefficient (Wildman–Crippen LogP) is 9.84. The van der Waals surface area contributed by atoms with Gasteiger partial charge in [0.25, 0.3) is 0 Å². The van der Waals surface area contributed by atoms with Crippen LogP contribution in [-0.4, -0.2) is 13.2 Å². The van der Waals surface area contributed by atoms with E-state index < -0.39 is 0 Å². The SMILES string of the molecule is CCCCCCCCCCCCCCCCNCc1c(OCCC(C)C)ccc2ccccc12. The highest BCUT2D eigenvalue weighted by atomic mass is 16.5. The van der Waals surface area contributed by atoms with Gasteiger partial charge in [-0.15, -0.1) is 0 Å². The molecule has 0 saturated heterocycles. The number of nitrogens with one attached hydrogen (secondary N) is 1. The lowest BCUT2D eigenvalue weighted by Crippen LogP contribution is -2.16. The molecule has 2 nitrogen and oxygen atoms in total. The van der Waals surface area contributed by atoms with Gasteiger partial charge in [0.1, 0.15) is 5.75 Å². The van der Waals surface area contributed by atoms with Gasteiger partial charge < -0.3 is 10.1 Å². The standard InChI is InChI=1S/C32H53NO/c1-4-5-6-7-8-9-10-11-12-13-14-15-16-19-25-33-27-31-30-21-18-17-20-29(30)22-23-32(31)34-26-24-28(2)3/h17-18,20-23,28,33H,4-16,19,24-27H2,1-3H3. The highest BCUT2D eigenvalue weighted by Crippen LogP contribution is 2.28. The topological polar surface area (TPSA) is 21.3 Å². The van der Waals surface area contributed by atoms with E-state index in [1.54, 1.807) is 0 Å². The van der Waals surface area contributed by atoms with Gasteiger partial charge in [-0.2, -0.15) is 0 Å². The van der Waals surface area contributed by atoms with Crippen LogP contribution in [0.3, 0.4) is 0 Å². The lowest BCUT2D eigenvalue weighted by atomic mass is 10.0. The Morgan fingerprint density at radius 2 is 1.29 bits per heavy atom. The minimum atomic E-state index is 0.669. The third kappa shape index (κ3) is 12.2. The zero-order valence-electron chi connectivity index (χ0n) is 22.7. The first-order chi connectivity index (χ1) is 16.7. The molecule has 2 aromatic carbocycles. The molecule has 1 N–H and O–H groups in total. The van der Waals surface area contributed by atoms with Crippen LogP contribution in [-0.2, 0) is 6.54 Å². The Morgan fingerprint density at radius 3 is 1.91 bits per heavy atom. The maximum atomic E-state index is 6.20. The van der Waals surface area contributed by atoms with Crippen LogP contribution in [0.2, 0.25) is 0 Å². The summed E-state index contributed by atoms with van der Waals surface area (Å²) in [5.74, 6) is 1.72. The molecule has 0 fully saturated rings. The fraction of sp³-hybridized carbons (Fsp3) is 0.688. The van der Waals surface area contributed by atoms with Gasteiger partial charge in [0.05, 0.1) is 6.61 Å². The van der Waals surface area contributed by atoms with Crippen LogP contribution in [0.5, 0.6) is 5.75 Å². The Morgan fingerprint density at radius 1 is 0.706 bits per heavy atom. The Bertz CT molecular complexity index is 754. The first kappa shape index (κ1) is 28.7. The molecular formula is C32H53NO. The van der Waals surface area contributed by atoms with E-state index in [-0.39, 0.29) is 0 Å². The molecule has 0 aliphatic carbocycles. The third-order valence-electron chi connectivity index (χ3n) is 6.96. The molecule has 0 spiro atoms. The predicted molar refractivity (Wildman–Crippen MR) is 151 cm³/mol. The maximum absolute atomic E-state index is 6.20. The van der Waals surface area contributed by atoms with Gasteiger partial charge in [0.15, 0.2) is 0 Å². The first-order valence-electron chi connectivity index (χ1n) is 14.6. The largest absolute Gasteiger partial charge is 0.493 e. The molecule has 0 radical (unpaired) electrons. The van der Waals surface area contributed by atoms with Gasteiger partial charge in [-0.05, 0) is 42.1 Å².